The van der Waals surface area contributed by atoms with Gasteiger partial charge in [0.1, 0.15) is 11.9 Å². The van der Waals surface area contributed by atoms with Crippen molar-refractivity contribution in [2.75, 3.05) is 25.0 Å². The summed E-state index contributed by atoms with van der Waals surface area (Å²) in [5.41, 5.74) is 2.49. The number of urea groups is 1. The minimum Gasteiger partial charge on any atom is -0.488 e. The molecule has 0 bridgehead atoms. The van der Waals surface area contributed by atoms with E-state index in [1.54, 1.807) is 6.20 Å². The van der Waals surface area contributed by atoms with E-state index in [-0.39, 0.29) is 24.8 Å². The van der Waals surface area contributed by atoms with Crippen molar-refractivity contribution in [2.45, 2.75) is 70.0 Å². The molecule has 8 nitrogen and oxygen atoms in total. The molecule has 1 heterocycles. The summed E-state index contributed by atoms with van der Waals surface area (Å²) in [7, 11) is 0. The largest absolute Gasteiger partial charge is 0.488 e. The van der Waals surface area contributed by atoms with Gasteiger partial charge in [-0.05, 0) is 55.7 Å². The lowest BCUT2D eigenvalue weighted by Crippen LogP contribution is -2.40. The predicted molar refractivity (Wildman–Crippen MR) is 127 cm³/mol. The Morgan fingerprint density at radius 2 is 2.03 bits per heavy atom. The lowest BCUT2D eigenvalue weighted by molar-refractivity contribution is 0.150. The molecule has 0 spiro atoms. The normalized spacial score (nSPS) is 21.2. The highest BCUT2D eigenvalue weighted by atomic mass is 16.5. The fraction of sp³-hybridized carbons (Fsp3) is 0.600. The topological polar surface area (TPSA) is 111 Å². The first-order valence-corrected chi connectivity index (χ1v) is 12.3. The van der Waals surface area contributed by atoms with Gasteiger partial charge in [-0.2, -0.15) is 5.10 Å². The number of aliphatic hydroxyl groups is 2. The average molecular weight is 457 g/mol. The Hall–Kier alpha value is -2.58. The summed E-state index contributed by atoms with van der Waals surface area (Å²) in [5, 5.41) is 29.2. The van der Waals surface area contributed by atoms with Crippen molar-refractivity contribution in [1.82, 2.24) is 15.1 Å². The number of nitrogens with one attached hydrogen (secondary N) is 2. The number of rotatable bonds is 9. The van der Waals surface area contributed by atoms with Crippen LogP contribution in [-0.2, 0) is 0 Å². The lowest BCUT2D eigenvalue weighted by Gasteiger charge is -2.30. The molecule has 1 aromatic carbocycles. The Labute approximate surface area is 195 Å². The molecule has 2 amide bonds. The first-order chi connectivity index (χ1) is 16.1. The molecule has 8 heteroatoms. The third kappa shape index (κ3) is 6.48. The second kappa shape index (κ2) is 11.5. The summed E-state index contributed by atoms with van der Waals surface area (Å²) < 4.78 is 6.26. The molecule has 1 aromatic heterocycles. The molecular formula is C25H36N4O4. The van der Waals surface area contributed by atoms with Crippen molar-refractivity contribution >= 4 is 11.7 Å². The fourth-order valence-corrected chi connectivity index (χ4v) is 4.93. The molecule has 4 N–H and O–H groups in total. The molecule has 0 saturated heterocycles. The smallest absolute Gasteiger partial charge is 0.321 e. The van der Waals surface area contributed by atoms with Crippen LogP contribution in [0.15, 0.2) is 30.6 Å². The highest BCUT2D eigenvalue weighted by molar-refractivity contribution is 5.91. The number of aromatic amines is 1. The fourth-order valence-electron chi connectivity index (χ4n) is 4.93. The van der Waals surface area contributed by atoms with Gasteiger partial charge in [-0.15, -0.1) is 0 Å². The number of ether oxygens (including phenoxy) is 1. The highest BCUT2D eigenvalue weighted by Gasteiger charge is 2.26. The Balaban J connectivity index is 1.51. The monoisotopic (exact) mass is 456 g/mol. The maximum absolute atomic E-state index is 13.3. The van der Waals surface area contributed by atoms with Gasteiger partial charge < -0.3 is 25.2 Å². The predicted octanol–water partition coefficient (Wildman–Crippen LogP) is 4.17. The zero-order chi connectivity index (χ0) is 23.0. The number of hydrogen-bond donors (Lipinski definition) is 4. The molecule has 4 rings (SSSR count). The van der Waals surface area contributed by atoms with Crippen LogP contribution < -0.4 is 10.1 Å². The number of benzene rings is 1. The molecule has 180 valence electrons. The quantitative estimate of drug-likeness (QED) is 0.453. The van der Waals surface area contributed by atoms with Crippen LogP contribution in [0.25, 0.3) is 11.1 Å². The van der Waals surface area contributed by atoms with Crippen LogP contribution in [0, 0.1) is 5.92 Å². The molecule has 2 aliphatic rings. The number of anilines is 1. The van der Waals surface area contributed by atoms with Gasteiger partial charge in [0, 0.05) is 37.9 Å². The van der Waals surface area contributed by atoms with Crippen LogP contribution >= 0.6 is 0 Å². The van der Waals surface area contributed by atoms with Crippen LogP contribution in [0.3, 0.4) is 0 Å². The molecule has 2 fully saturated rings. The van der Waals surface area contributed by atoms with E-state index >= 15 is 0 Å². The second-order valence-electron chi connectivity index (χ2n) is 9.36. The van der Waals surface area contributed by atoms with Gasteiger partial charge in [0.05, 0.1) is 18.0 Å². The zero-order valence-electron chi connectivity index (χ0n) is 19.2. The van der Waals surface area contributed by atoms with Crippen LogP contribution in [0.4, 0.5) is 10.5 Å². The Kier molecular flexibility index (Phi) is 8.23. The summed E-state index contributed by atoms with van der Waals surface area (Å²) in [6, 6.07) is 5.56. The van der Waals surface area contributed by atoms with Gasteiger partial charge in [-0.25, -0.2) is 4.79 Å². The van der Waals surface area contributed by atoms with Crippen molar-refractivity contribution in [2.24, 2.45) is 5.92 Å². The van der Waals surface area contributed by atoms with E-state index in [4.69, 9.17) is 4.74 Å². The summed E-state index contributed by atoms with van der Waals surface area (Å²) in [6.45, 7) is 1.30. The van der Waals surface area contributed by atoms with Gasteiger partial charge >= 0.3 is 6.03 Å². The molecule has 2 atom stereocenters. The number of carbonyl (C=O) groups is 1. The zero-order valence-corrected chi connectivity index (χ0v) is 19.2. The van der Waals surface area contributed by atoms with E-state index in [1.165, 1.54) is 19.3 Å². The van der Waals surface area contributed by atoms with Crippen molar-refractivity contribution < 1.29 is 19.7 Å². The number of H-pyrrole nitrogens is 1. The van der Waals surface area contributed by atoms with Crippen molar-refractivity contribution in [3.05, 3.63) is 30.6 Å². The number of carbonyl (C=O) groups excluding carboxylic acids is 1. The molecule has 0 aliphatic heterocycles. The number of hydrogen-bond acceptors (Lipinski definition) is 5. The number of nitrogens with zero attached hydrogens (tertiary/aromatic N) is 2. The van der Waals surface area contributed by atoms with Crippen LogP contribution in [0.1, 0.15) is 57.8 Å². The summed E-state index contributed by atoms with van der Waals surface area (Å²) in [5.74, 6) is 1.11. The minimum absolute atomic E-state index is 0.0617. The third-order valence-electron chi connectivity index (χ3n) is 6.78. The maximum Gasteiger partial charge on any atom is 0.321 e. The standard InChI is InChI=1S/C25H36N4O4/c30-12-4-11-29(17-18-5-2-1-3-6-18)25(32)28-23-10-7-19(20-15-26-27-16-20)13-24(23)33-22-9-8-21(31)14-22/h7,10,13,15-16,18,21-22,30-31H,1-6,8-9,11-12,14,17H2,(H,26,27)(H,28,32). The summed E-state index contributed by atoms with van der Waals surface area (Å²) in [4.78, 5) is 15.1. The Bertz CT molecular complexity index is 883. The number of aromatic nitrogens is 2. The van der Waals surface area contributed by atoms with E-state index < -0.39 is 0 Å². The van der Waals surface area contributed by atoms with E-state index in [0.29, 0.717) is 43.3 Å². The maximum atomic E-state index is 13.3. The molecule has 0 radical (unpaired) electrons. The molecule has 2 saturated carbocycles. The average Bonchev–Trinajstić information content (AvgIpc) is 3.50. The summed E-state index contributed by atoms with van der Waals surface area (Å²) in [6.07, 6.45) is 11.8. The molecule has 2 unspecified atom stereocenters. The van der Waals surface area contributed by atoms with Crippen molar-refractivity contribution in [1.29, 1.82) is 0 Å². The van der Waals surface area contributed by atoms with Gasteiger partial charge in [0.2, 0.25) is 0 Å². The molecule has 33 heavy (non-hydrogen) atoms. The Morgan fingerprint density at radius 3 is 2.73 bits per heavy atom. The Morgan fingerprint density at radius 1 is 1.18 bits per heavy atom. The minimum atomic E-state index is -0.338. The van der Waals surface area contributed by atoms with Crippen LogP contribution in [0.2, 0.25) is 0 Å². The molecule has 2 aliphatic carbocycles. The number of aliphatic hydroxyl groups excluding tert-OH is 2. The van der Waals surface area contributed by atoms with Crippen LogP contribution in [0.5, 0.6) is 5.75 Å². The van der Waals surface area contributed by atoms with Crippen molar-refractivity contribution in [3.8, 4) is 16.9 Å². The SMILES string of the molecule is O=C(Nc1ccc(-c2cn[nH]c2)cc1OC1CCC(O)C1)N(CCCO)CC1CCCCC1. The lowest BCUT2D eigenvalue weighted by atomic mass is 9.89. The van der Waals surface area contributed by atoms with Gasteiger partial charge in [-0.1, -0.05) is 25.3 Å². The first-order valence-electron chi connectivity index (χ1n) is 12.3. The van der Waals surface area contributed by atoms with E-state index in [9.17, 15) is 15.0 Å². The van der Waals surface area contributed by atoms with Gasteiger partial charge in [0.15, 0.2) is 0 Å². The second-order valence-corrected chi connectivity index (χ2v) is 9.36. The first kappa shape index (κ1) is 23.6. The van der Waals surface area contributed by atoms with Crippen molar-refractivity contribution in [3.63, 3.8) is 0 Å². The van der Waals surface area contributed by atoms with E-state index in [0.717, 1.165) is 36.8 Å². The molecular weight excluding hydrogens is 420 g/mol. The van der Waals surface area contributed by atoms with Crippen LogP contribution in [-0.4, -0.2) is 63.2 Å². The van der Waals surface area contributed by atoms with E-state index in [2.05, 4.69) is 15.5 Å². The number of amides is 2. The third-order valence-corrected chi connectivity index (χ3v) is 6.78. The summed E-state index contributed by atoms with van der Waals surface area (Å²) >= 11 is 0. The highest BCUT2D eigenvalue weighted by Crippen LogP contribution is 2.34. The molecule has 2 aromatic rings. The van der Waals surface area contributed by atoms with Gasteiger partial charge in [-0.3, -0.25) is 5.10 Å². The van der Waals surface area contributed by atoms with E-state index in [1.807, 2.05) is 29.3 Å². The van der Waals surface area contributed by atoms with Gasteiger partial charge in [0.25, 0.3) is 0 Å².